The minimum atomic E-state index is -0.543. The van der Waals surface area contributed by atoms with Crippen LogP contribution >= 0.6 is 0 Å². The lowest BCUT2D eigenvalue weighted by atomic mass is 10.1. The van der Waals surface area contributed by atoms with Crippen LogP contribution in [0.15, 0.2) is 42.9 Å². The van der Waals surface area contributed by atoms with E-state index in [2.05, 4.69) is 46.5 Å². The van der Waals surface area contributed by atoms with Crippen molar-refractivity contribution in [3.63, 3.8) is 0 Å². The summed E-state index contributed by atoms with van der Waals surface area (Å²) in [5.74, 6) is 1.51. The summed E-state index contributed by atoms with van der Waals surface area (Å²) in [4.78, 5) is 4.47. The number of aliphatic hydroxyl groups excluding tert-OH is 1. The maximum Gasteiger partial charge on any atom is 0.162 e. The number of benzene rings is 2. The smallest absolute Gasteiger partial charge is 0.162 e. The molecule has 3 N–H and O–H groups in total. The van der Waals surface area contributed by atoms with E-state index in [1.165, 1.54) is 11.1 Å². The third-order valence-corrected chi connectivity index (χ3v) is 5.89. The molecule has 0 saturated carbocycles. The number of nitrogens with one attached hydrogen (secondary N) is 2. The average molecular weight is 434 g/mol. The van der Waals surface area contributed by atoms with Crippen LogP contribution in [0.25, 0.3) is 22.3 Å². The Morgan fingerprint density at radius 3 is 2.81 bits per heavy atom. The Kier molecular flexibility index (Phi) is 5.55. The molecule has 0 unspecified atom stereocenters. The highest BCUT2D eigenvalue weighted by Crippen LogP contribution is 2.34. The third-order valence-electron chi connectivity index (χ3n) is 5.89. The highest BCUT2D eigenvalue weighted by molar-refractivity contribution is 5.77. The van der Waals surface area contributed by atoms with Crippen molar-refractivity contribution in [2.24, 2.45) is 0 Å². The number of hydrogen-bond acceptors (Lipinski definition) is 6. The van der Waals surface area contributed by atoms with E-state index >= 15 is 0 Å². The second-order valence-corrected chi connectivity index (χ2v) is 8.24. The van der Waals surface area contributed by atoms with E-state index in [0.717, 1.165) is 39.4 Å². The molecular weight excluding hydrogens is 406 g/mol. The average Bonchev–Trinajstić information content (AvgIpc) is 3.41. The number of aliphatic hydroxyl groups is 1. The van der Waals surface area contributed by atoms with Crippen LogP contribution in [0.4, 0.5) is 0 Å². The first-order chi connectivity index (χ1) is 15.6. The number of aromatic nitrogens is 4. The molecule has 32 heavy (non-hydrogen) atoms. The van der Waals surface area contributed by atoms with E-state index in [9.17, 15) is 5.11 Å². The number of ether oxygens (including phenoxy) is 2. The summed E-state index contributed by atoms with van der Waals surface area (Å²) in [7, 11) is 0. The Morgan fingerprint density at radius 1 is 1.12 bits per heavy atom. The van der Waals surface area contributed by atoms with Crippen molar-refractivity contribution >= 4 is 11.0 Å². The molecule has 0 amide bonds. The van der Waals surface area contributed by atoms with E-state index in [1.54, 1.807) is 12.5 Å². The zero-order valence-electron chi connectivity index (χ0n) is 18.3. The van der Waals surface area contributed by atoms with Crippen molar-refractivity contribution in [1.82, 2.24) is 25.1 Å². The first-order valence-corrected chi connectivity index (χ1v) is 10.8. The molecule has 8 nitrogen and oxygen atoms in total. The molecule has 2 aromatic heterocycles. The normalized spacial score (nSPS) is 14.1. The zero-order chi connectivity index (χ0) is 22.1. The number of aryl methyl sites for hydroxylation is 2. The molecular formula is C24H27N5O3. The van der Waals surface area contributed by atoms with Gasteiger partial charge in [0.15, 0.2) is 11.5 Å². The van der Waals surface area contributed by atoms with Crippen molar-refractivity contribution in [2.45, 2.75) is 33.0 Å². The summed E-state index contributed by atoms with van der Waals surface area (Å²) >= 11 is 0. The Hall–Kier alpha value is -3.36. The molecule has 2 aromatic carbocycles. The van der Waals surface area contributed by atoms with Crippen LogP contribution < -0.4 is 14.8 Å². The lowest BCUT2D eigenvalue weighted by Crippen LogP contribution is -2.29. The van der Waals surface area contributed by atoms with Gasteiger partial charge in [-0.3, -0.25) is 5.10 Å². The summed E-state index contributed by atoms with van der Waals surface area (Å²) in [6.45, 7) is 6.82. The van der Waals surface area contributed by atoms with Crippen LogP contribution in [-0.4, -0.2) is 50.7 Å². The van der Waals surface area contributed by atoms with Gasteiger partial charge in [-0.15, -0.1) is 0 Å². The van der Waals surface area contributed by atoms with Crippen LogP contribution in [0.1, 0.15) is 16.7 Å². The van der Waals surface area contributed by atoms with Gasteiger partial charge in [-0.05, 0) is 55.3 Å². The van der Waals surface area contributed by atoms with Crippen molar-refractivity contribution in [2.75, 3.05) is 19.8 Å². The van der Waals surface area contributed by atoms with Gasteiger partial charge in [-0.2, -0.15) is 5.10 Å². The molecule has 8 heteroatoms. The summed E-state index contributed by atoms with van der Waals surface area (Å²) in [6.07, 6.45) is 3.06. The maximum atomic E-state index is 10.6. The van der Waals surface area contributed by atoms with E-state index in [1.807, 2.05) is 22.8 Å². The number of fused-ring (bicyclic) bond motifs is 2. The number of aromatic amines is 1. The largest absolute Gasteiger partial charge is 0.486 e. The summed E-state index contributed by atoms with van der Waals surface area (Å²) in [5.41, 5.74) is 7.37. The van der Waals surface area contributed by atoms with E-state index in [4.69, 9.17) is 9.47 Å². The van der Waals surface area contributed by atoms with Gasteiger partial charge in [0.2, 0.25) is 0 Å². The van der Waals surface area contributed by atoms with Crippen LogP contribution in [0.3, 0.4) is 0 Å². The fraction of sp³-hybridized carbons (Fsp3) is 0.333. The van der Waals surface area contributed by atoms with Crippen LogP contribution in [0, 0.1) is 13.8 Å². The predicted octanol–water partition coefficient (Wildman–Crippen LogP) is 2.97. The standard InChI is InChI=1S/C24H27N5O3/c1-15-7-20-21(8-16(15)2)29(14-26-20)13-19(30)12-25-10-18-11-27-28-24(18)17-3-4-22-23(9-17)32-6-5-31-22/h3-4,7-9,11,14,19,25,30H,5-6,10,12-13H2,1-2H3,(H,27,28)/t19-/m1/s1. The van der Waals surface area contributed by atoms with E-state index in [0.29, 0.717) is 32.8 Å². The van der Waals surface area contributed by atoms with Crippen molar-refractivity contribution < 1.29 is 14.6 Å². The van der Waals surface area contributed by atoms with Crippen molar-refractivity contribution in [1.29, 1.82) is 0 Å². The fourth-order valence-electron chi connectivity index (χ4n) is 4.02. The van der Waals surface area contributed by atoms with Crippen molar-refractivity contribution in [3.8, 4) is 22.8 Å². The Labute approximate surface area is 186 Å². The third kappa shape index (κ3) is 4.06. The topological polar surface area (TPSA) is 97.2 Å². The number of imidazole rings is 1. The number of nitrogens with zero attached hydrogens (tertiary/aromatic N) is 3. The van der Waals surface area contributed by atoms with E-state index in [-0.39, 0.29) is 0 Å². The second kappa shape index (κ2) is 8.64. The molecule has 0 spiro atoms. The van der Waals surface area contributed by atoms with Gasteiger partial charge < -0.3 is 24.5 Å². The minimum absolute atomic E-state index is 0.455. The van der Waals surface area contributed by atoms with Gasteiger partial charge in [0.05, 0.1) is 41.9 Å². The molecule has 166 valence electrons. The molecule has 4 aromatic rings. The summed E-state index contributed by atoms with van der Waals surface area (Å²) < 4.78 is 13.3. The Morgan fingerprint density at radius 2 is 1.94 bits per heavy atom. The predicted molar refractivity (Wildman–Crippen MR) is 122 cm³/mol. The van der Waals surface area contributed by atoms with Gasteiger partial charge >= 0.3 is 0 Å². The first-order valence-electron chi connectivity index (χ1n) is 10.8. The second-order valence-electron chi connectivity index (χ2n) is 8.24. The SMILES string of the molecule is Cc1cc2ncn(C[C@H](O)CNCc3cn[nH]c3-c3ccc4c(c3)OCCO4)c2cc1C. The van der Waals surface area contributed by atoms with Gasteiger partial charge in [0.25, 0.3) is 0 Å². The van der Waals surface area contributed by atoms with Gasteiger partial charge in [-0.1, -0.05) is 0 Å². The van der Waals surface area contributed by atoms with E-state index < -0.39 is 6.10 Å². The lowest BCUT2D eigenvalue weighted by Gasteiger charge is -2.19. The monoisotopic (exact) mass is 433 g/mol. The first kappa shape index (κ1) is 20.5. The summed E-state index contributed by atoms with van der Waals surface area (Å²) in [5, 5.41) is 21.2. The number of H-pyrrole nitrogens is 1. The highest BCUT2D eigenvalue weighted by atomic mass is 16.6. The minimum Gasteiger partial charge on any atom is -0.486 e. The van der Waals surface area contributed by atoms with Gasteiger partial charge in [0.1, 0.15) is 13.2 Å². The maximum absolute atomic E-state index is 10.6. The zero-order valence-corrected chi connectivity index (χ0v) is 18.3. The number of rotatable bonds is 7. The molecule has 0 fully saturated rings. The summed E-state index contributed by atoms with van der Waals surface area (Å²) in [6, 6.07) is 10.1. The van der Waals surface area contributed by atoms with Gasteiger partial charge in [-0.25, -0.2) is 4.98 Å². The van der Waals surface area contributed by atoms with Crippen LogP contribution in [0.5, 0.6) is 11.5 Å². The quantitative estimate of drug-likeness (QED) is 0.415. The molecule has 0 radical (unpaired) electrons. The fourth-order valence-corrected chi connectivity index (χ4v) is 4.02. The Balaban J connectivity index is 1.21. The molecule has 3 heterocycles. The number of hydrogen-bond donors (Lipinski definition) is 3. The molecule has 1 atom stereocenters. The Bertz CT molecular complexity index is 1250. The molecule has 1 aliphatic rings. The lowest BCUT2D eigenvalue weighted by molar-refractivity contribution is 0.152. The highest BCUT2D eigenvalue weighted by Gasteiger charge is 2.16. The molecule has 1 aliphatic heterocycles. The molecule has 0 aliphatic carbocycles. The molecule has 0 saturated heterocycles. The molecule has 0 bridgehead atoms. The van der Waals surface area contributed by atoms with Crippen molar-refractivity contribution in [3.05, 3.63) is 59.5 Å². The molecule has 5 rings (SSSR count). The van der Waals surface area contributed by atoms with Gasteiger partial charge in [0, 0.05) is 24.2 Å². The van der Waals surface area contributed by atoms with Crippen LogP contribution in [0.2, 0.25) is 0 Å². The van der Waals surface area contributed by atoms with Crippen LogP contribution in [-0.2, 0) is 13.1 Å².